The lowest BCUT2D eigenvalue weighted by atomic mass is 10.2. The first kappa shape index (κ1) is 12.6. The summed E-state index contributed by atoms with van der Waals surface area (Å²) >= 11 is 5.77. The Hall–Kier alpha value is -1.87. The minimum absolute atomic E-state index is 0.0741. The van der Waals surface area contributed by atoms with E-state index in [-0.39, 0.29) is 5.56 Å². The number of rotatable bonds is 2. The van der Waals surface area contributed by atoms with E-state index in [4.69, 9.17) is 11.6 Å². The molecular formula is C14H10ClFNO. The van der Waals surface area contributed by atoms with Crippen molar-refractivity contribution in [1.82, 2.24) is 0 Å². The molecule has 91 valence electrons. The summed E-state index contributed by atoms with van der Waals surface area (Å²) in [5, 5.41) is 0.581. The first-order valence-electron chi connectivity index (χ1n) is 5.29. The molecule has 0 fully saturated rings. The predicted molar refractivity (Wildman–Crippen MR) is 69.4 cm³/mol. The molecule has 0 aliphatic heterocycles. The Morgan fingerprint density at radius 2 is 1.94 bits per heavy atom. The van der Waals surface area contributed by atoms with Crippen molar-refractivity contribution in [3.05, 3.63) is 64.9 Å². The summed E-state index contributed by atoms with van der Waals surface area (Å²) in [6.45, 7) is 0. The standard InChI is InChI=1S/C14H10ClFNO/c1-17(11-8-6-10(15)7-9-11)14(18)12-4-2-3-5-13(12)16/h2-3,5-9H,1H3. The lowest BCUT2D eigenvalue weighted by Gasteiger charge is -2.17. The predicted octanol–water partition coefficient (Wildman–Crippen LogP) is 3.56. The van der Waals surface area contributed by atoms with E-state index >= 15 is 0 Å². The molecule has 18 heavy (non-hydrogen) atoms. The highest BCUT2D eigenvalue weighted by molar-refractivity contribution is 6.30. The molecule has 0 saturated carbocycles. The van der Waals surface area contributed by atoms with E-state index in [1.165, 1.54) is 23.1 Å². The molecule has 0 saturated heterocycles. The van der Waals surface area contributed by atoms with E-state index in [9.17, 15) is 9.18 Å². The van der Waals surface area contributed by atoms with Crippen molar-refractivity contribution in [3.8, 4) is 0 Å². The number of carbonyl (C=O) groups excluding carboxylic acids is 1. The quantitative estimate of drug-likeness (QED) is 0.810. The van der Waals surface area contributed by atoms with Gasteiger partial charge < -0.3 is 4.90 Å². The Bertz CT molecular complexity index is 568. The van der Waals surface area contributed by atoms with Crippen LogP contribution in [-0.2, 0) is 0 Å². The normalized spacial score (nSPS) is 10.2. The maximum atomic E-state index is 13.5. The third kappa shape index (κ3) is 2.51. The number of hydrogen-bond donors (Lipinski definition) is 0. The van der Waals surface area contributed by atoms with E-state index in [0.717, 1.165) is 0 Å². The summed E-state index contributed by atoms with van der Waals surface area (Å²) in [6.07, 6.45) is 0. The van der Waals surface area contributed by atoms with Crippen LogP contribution < -0.4 is 4.90 Å². The summed E-state index contributed by atoms with van der Waals surface area (Å²) in [5.41, 5.74) is 0.566. The molecule has 0 unspecified atom stereocenters. The third-order valence-electron chi connectivity index (χ3n) is 2.54. The zero-order chi connectivity index (χ0) is 13.1. The van der Waals surface area contributed by atoms with Crippen LogP contribution >= 0.6 is 11.6 Å². The highest BCUT2D eigenvalue weighted by Gasteiger charge is 2.16. The van der Waals surface area contributed by atoms with Gasteiger partial charge in [-0.05, 0) is 36.4 Å². The monoisotopic (exact) mass is 262 g/mol. The molecule has 2 nitrogen and oxygen atoms in total. The molecular weight excluding hydrogens is 253 g/mol. The summed E-state index contributed by atoms with van der Waals surface area (Å²) in [4.78, 5) is 13.4. The van der Waals surface area contributed by atoms with Crippen LogP contribution in [0.25, 0.3) is 0 Å². The molecule has 0 aromatic heterocycles. The Labute approximate surface area is 110 Å². The molecule has 2 aromatic rings. The van der Waals surface area contributed by atoms with E-state index in [1.807, 2.05) is 0 Å². The maximum Gasteiger partial charge on any atom is 0.261 e. The Morgan fingerprint density at radius 3 is 2.56 bits per heavy atom. The van der Waals surface area contributed by atoms with Crippen molar-refractivity contribution in [3.63, 3.8) is 0 Å². The molecule has 0 atom stereocenters. The molecule has 4 heteroatoms. The van der Waals surface area contributed by atoms with Crippen molar-refractivity contribution in [2.75, 3.05) is 11.9 Å². The molecule has 0 aliphatic carbocycles. The number of hydrogen-bond acceptors (Lipinski definition) is 1. The lowest BCUT2D eigenvalue weighted by molar-refractivity contribution is 0.0989. The van der Waals surface area contributed by atoms with Gasteiger partial charge >= 0.3 is 0 Å². The minimum atomic E-state index is -0.580. The molecule has 0 bridgehead atoms. The second-order valence-corrected chi connectivity index (χ2v) is 4.17. The fourth-order valence-corrected chi connectivity index (χ4v) is 1.66. The van der Waals surface area contributed by atoms with Crippen molar-refractivity contribution < 1.29 is 9.18 Å². The lowest BCUT2D eigenvalue weighted by Crippen LogP contribution is -2.27. The molecule has 0 heterocycles. The van der Waals surface area contributed by atoms with E-state index < -0.39 is 11.7 Å². The minimum Gasteiger partial charge on any atom is -0.311 e. The number of carbonyl (C=O) groups is 1. The molecule has 0 aliphatic rings. The van der Waals surface area contributed by atoms with Gasteiger partial charge in [0.2, 0.25) is 0 Å². The van der Waals surface area contributed by atoms with Gasteiger partial charge in [0.25, 0.3) is 5.91 Å². The van der Waals surface area contributed by atoms with Crippen LogP contribution in [0.5, 0.6) is 0 Å². The Kier molecular flexibility index (Phi) is 3.63. The topological polar surface area (TPSA) is 20.3 Å². The van der Waals surface area contributed by atoms with Crippen LogP contribution in [0.15, 0.2) is 42.5 Å². The van der Waals surface area contributed by atoms with Gasteiger partial charge in [-0.25, -0.2) is 4.39 Å². The fraction of sp³-hybridized carbons (Fsp3) is 0.0714. The second-order valence-electron chi connectivity index (χ2n) is 3.73. The van der Waals surface area contributed by atoms with Crippen LogP contribution in [0.2, 0.25) is 5.02 Å². The number of nitrogens with zero attached hydrogens (tertiary/aromatic N) is 1. The van der Waals surface area contributed by atoms with Crippen LogP contribution in [0, 0.1) is 11.9 Å². The van der Waals surface area contributed by atoms with E-state index in [1.54, 1.807) is 31.3 Å². The zero-order valence-electron chi connectivity index (χ0n) is 9.65. The summed E-state index contributed by atoms with van der Waals surface area (Å²) in [5.74, 6) is -1.03. The highest BCUT2D eigenvalue weighted by Crippen LogP contribution is 2.19. The smallest absolute Gasteiger partial charge is 0.261 e. The van der Waals surface area contributed by atoms with Gasteiger partial charge in [0.15, 0.2) is 0 Å². The Morgan fingerprint density at radius 1 is 1.28 bits per heavy atom. The van der Waals surface area contributed by atoms with Gasteiger partial charge in [-0.1, -0.05) is 23.7 Å². The van der Waals surface area contributed by atoms with Crippen LogP contribution in [0.3, 0.4) is 0 Å². The average molecular weight is 263 g/mol. The van der Waals surface area contributed by atoms with Gasteiger partial charge in [-0.2, -0.15) is 0 Å². The molecule has 0 spiro atoms. The van der Waals surface area contributed by atoms with Crippen LogP contribution in [0.1, 0.15) is 10.4 Å². The van der Waals surface area contributed by atoms with E-state index in [2.05, 4.69) is 6.07 Å². The molecule has 1 radical (unpaired) electrons. The SMILES string of the molecule is CN(C(=O)c1[c]cccc1F)c1ccc(Cl)cc1. The Balaban J connectivity index is 2.29. The van der Waals surface area contributed by atoms with Crippen LogP contribution in [0.4, 0.5) is 10.1 Å². The molecule has 2 aromatic carbocycles. The second kappa shape index (κ2) is 5.19. The van der Waals surface area contributed by atoms with Gasteiger partial charge in [0.1, 0.15) is 5.82 Å². The average Bonchev–Trinajstić information content (AvgIpc) is 2.38. The van der Waals surface area contributed by atoms with Crippen molar-refractivity contribution in [2.24, 2.45) is 0 Å². The zero-order valence-corrected chi connectivity index (χ0v) is 10.4. The van der Waals surface area contributed by atoms with Gasteiger partial charge in [-0.3, -0.25) is 4.79 Å². The van der Waals surface area contributed by atoms with Crippen molar-refractivity contribution >= 4 is 23.2 Å². The fourth-order valence-electron chi connectivity index (χ4n) is 1.53. The number of halogens is 2. The summed E-state index contributed by atoms with van der Waals surface area (Å²) in [7, 11) is 1.58. The number of anilines is 1. The van der Waals surface area contributed by atoms with Gasteiger partial charge in [-0.15, -0.1) is 0 Å². The van der Waals surface area contributed by atoms with Crippen molar-refractivity contribution in [2.45, 2.75) is 0 Å². The first-order valence-corrected chi connectivity index (χ1v) is 5.67. The molecule has 1 amide bonds. The third-order valence-corrected chi connectivity index (χ3v) is 2.79. The summed E-state index contributed by atoms with van der Waals surface area (Å²) < 4.78 is 13.5. The van der Waals surface area contributed by atoms with Crippen LogP contribution in [-0.4, -0.2) is 13.0 Å². The molecule has 0 N–H and O–H groups in total. The van der Waals surface area contributed by atoms with Gasteiger partial charge in [0.05, 0.1) is 5.56 Å². The molecule has 2 rings (SSSR count). The number of amides is 1. The first-order chi connectivity index (χ1) is 8.59. The van der Waals surface area contributed by atoms with Gasteiger partial charge in [0, 0.05) is 17.8 Å². The largest absolute Gasteiger partial charge is 0.311 e. The maximum absolute atomic E-state index is 13.5. The van der Waals surface area contributed by atoms with E-state index in [0.29, 0.717) is 10.7 Å². The summed E-state index contributed by atoms with van der Waals surface area (Å²) in [6, 6.07) is 13.6. The number of benzene rings is 2. The highest BCUT2D eigenvalue weighted by atomic mass is 35.5. The van der Waals surface area contributed by atoms with Crippen molar-refractivity contribution in [1.29, 1.82) is 0 Å².